The maximum atomic E-state index is 12.8. The molecule has 0 bridgehead atoms. The summed E-state index contributed by atoms with van der Waals surface area (Å²) in [6, 6.07) is 17.5. The average molecular weight is 365 g/mol. The van der Waals surface area contributed by atoms with Crippen LogP contribution in [0, 0.1) is 0 Å². The summed E-state index contributed by atoms with van der Waals surface area (Å²) in [7, 11) is 1.29. The van der Waals surface area contributed by atoms with Crippen molar-refractivity contribution in [3.8, 4) is 0 Å². The normalized spacial score (nSPS) is 11.4. The third-order valence-corrected chi connectivity index (χ3v) is 4.09. The molecule has 0 fully saturated rings. The van der Waals surface area contributed by atoms with Crippen LogP contribution >= 0.6 is 0 Å². The number of aromatic nitrogens is 1. The summed E-state index contributed by atoms with van der Waals surface area (Å²) < 4.78 is 11.6. The van der Waals surface area contributed by atoms with Gasteiger partial charge in [-0.1, -0.05) is 42.5 Å². The fourth-order valence-electron chi connectivity index (χ4n) is 2.95. The summed E-state index contributed by atoms with van der Waals surface area (Å²) in [6.07, 6.45) is 0.124. The number of rotatable bonds is 3. The van der Waals surface area contributed by atoms with Crippen LogP contribution in [0.4, 0.5) is 4.79 Å². The van der Waals surface area contributed by atoms with Crippen LogP contribution in [-0.4, -0.2) is 29.3 Å². The summed E-state index contributed by atoms with van der Waals surface area (Å²) in [6.45, 7) is 5.36. The van der Waals surface area contributed by atoms with Gasteiger partial charge in [-0.2, -0.15) is 0 Å². The van der Waals surface area contributed by atoms with Crippen LogP contribution in [0.2, 0.25) is 0 Å². The first kappa shape index (κ1) is 18.7. The lowest BCUT2D eigenvalue weighted by Crippen LogP contribution is -2.29. The Morgan fingerprint density at radius 2 is 1.67 bits per heavy atom. The first-order chi connectivity index (χ1) is 12.8. The molecule has 3 rings (SSSR count). The first-order valence-corrected chi connectivity index (χ1v) is 8.78. The van der Waals surface area contributed by atoms with Crippen LogP contribution in [0.1, 0.15) is 42.4 Å². The van der Waals surface area contributed by atoms with E-state index in [4.69, 9.17) is 9.47 Å². The summed E-state index contributed by atoms with van der Waals surface area (Å²) in [5, 5.41) is 0.776. The lowest BCUT2D eigenvalue weighted by atomic mass is 10.0. The Bertz CT molecular complexity index is 981. The predicted molar refractivity (Wildman–Crippen MR) is 104 cm³/mol. The molecule has 0 spiro atoms. The Balaban J connectivity index is 2.09. The van der Waals surface area contributed by atoms with Gasteiger partial charge >= 0.3 is 12.1 Å². The highest BCUT2D eigenvalue weighted by atomic mass is 16.6. The van der Waals surface area contributed by atoms with E-state index in [-0.39, 0.29) is 5.69 Å². The van der Waals surface area contributed by atoms with Crippen molar-refractivity contribution in [3.05, 3.63) is 71.4 Å². The Morgan fingerprint density at radius 1 is 0.963 bits per heavy atom. The van der Waals surface area contributed by atoms with Crippen molar-refractivity contribution in [1.82, 2.24) is 4.57 Å². The highest BCUT2D eigenvalue weighted by Gasteiger charge is 2.25. The molecule has 0 saturated heterocycles. The Labute approximate surface area is 158 Å². The SMILES string of the molecule is COC(=O)c1cc2ccc(Cc3ccccc3)cc2n1C(=O)OC(C)(C)C. The van der Waals surface area contributed by atoms with E-state index in [1.165, 1.54) is 17.2 Å². The highest BCUT2D eigenvalue weighted by Crippen LogP contribution is 2.25. The molecule has 140 valence electrons. The van der Waals surface area contributed by atoms with Crippen molar-refractivity contribution in [3.63, 3.8) is 0 Å². The van der Waals surface area contributed by atoms with Gasteiger partial charge in [0.1, 0.15) is 11.3 Å². The van der Waals surface area contributed by atoms with Gasteiger partial charge in [0.05, 0.1) is 12.6 Å². The Kier molecular flexibility index (Phi) is 5.04. The molecule has 5 heteroatoms. The third kappa shape index (κ3) is 4.19. The smallest absolute Gasteiger partial charge is 0.419 e. The second-order valence-corrected chi connectivity index (χ2v) is 7.39. The van der Waals surface area contributed by atoms with E-state index in [1.807, 2.05) is 36.4 Å². The molecular formula is C22H23NO4. The second kappa shape index (κ2) is 7.27. The fraction of sp³-hybridized carbons (Fsp3) is 0.273. The van der Waals surface area contributed by atoms with Gasteiger partial charge in [-0.15, -0.1) is 0 Å². The standard InChI is InChI=1S/C22H23NO4/c1-22(2,3)27-21(25)23-18-13-16(12-15-8-6-5-7-9-15)10-11-17(18)14-19(23)20(24)26-4/h5-11,13-14H,12H2,1-4H3. The number of carbonyl (C=O) groups is 2. The van der Waals surface area contributed by atoms with E-state index in [1.54, 1.807) is 26.8 Å². The number of nitrogens with zero attached hydrogens (tertiary/aromatic N) is 1. The van der Waals surface area contributed by atoms with Crippen LogP contribution in [0.3, 0.4) is 0 Å². The van der Waals surface area contributed by atoms with Gasteiger partial charge in [0.15, 0.2) is 0 Å². The van der Waals surface area contributed by atoms with Gasteiger partial charge in [0, 0.05) is 5.39 Å². The minimum absolute atomic E-state index is 0.151. The third-order valence-electron chi connectivity index (χ3n) is 4.09. The molecule has 0 unspecified atom stereocenters. The van der Waals surface area contributed by atoms with Crippen molar-refractivity contribution >= 4 is 23.0 Å². The van der Waals surface area contributed by atoms with Crippen LogP contribution < -0.4 is 0 Å². The van der Waals surface area contributed by atoms with Crippen LogP contribution in [0.5, 0.6) is 0 Å². The van der Waals surface area contributed by atoms with Crippen molar-refractivity contribution in [1.29, 1.82) is 0 Å². The maximum Gasteiger partial charge on any atom is 0.419 e. The van der Waals surface area contributed by atoms with Gasteiger partial charge in [-0.3, -0.25) is 0 Å². The zero-order chi connectivity index (χ0) is 19.6. The van der Waals surface area contributed by atoms with Gasteiger partial charge in [0.2, 0.25) is 0 Å². The second-order valence-electron chi connectivity index (χ2n) is 7.39. The molecule has 0 aliphatic carbocycles. The number of hydrogen-bond acceptors (Lipinski definition) is 4. The average Bonchev–Trinajstić information content (AvgIpc) is 2.99. The molecule has 5 nitrogen and oxygen atoms in total. The molecule has 0 aliphatic heterocycles. The van der Waals surface area contributed by atoms with E-state index in [9.17, 15) is 9.59 Å². The molecule has 0 aliphatic rings. The first-order valence-electron chi connectivity index (χ1n) is 8.78. The molecule has 27 heavy (non-hydrogen) atoms. The maximum absolute atomic E-state index is 12.8. The number of methoxy groups -OCH3 is 1. The summed E-state index contributed by atoms with van der Waals surface area (Å²) in [5.41, 5.74) is 2.30. The van der Waals surface area contributed by atoms with E-state index in [0.29, 0.717) is 5.52 Å². The number of ether oxygens (including phenoxy) is 2. The molecule has 0 N–H and O–H groups in total. The molecule has 1 aromatic heterocycles. The highest BCUT2D eigenvalue weighted by molar-refractivity contribution is 6.01. The lowest BCUT2D eigenvalue weighted by Gasteiger charge is -2.20. The van der Waals surface area contributed by atoms with Crippen molar-refractivity contribution in [2.45, 2.75) is 32.8 Å². The van der Waals surface area contributed by atoms with E-state index in [0.717, 1.165) is 17.4 Å². The van der Waals surface area contributed by atoms with Gasteiger partial charge in [0.25, 0.3) is 0 Å². The number of benzene rings is 2. The van der Waals surface area contributed by atoms with Crippen LogP contribution in [0.25, 0.3) is 10.9 Å². The molecule has 0 amide bonds. The summed E-state index contributed by atoms with van der Waals surface area (Å²) >= 11 is 0. The van der Waals surface area contributed by atoms with Crippen molar-refractivity contribution in [2.75, 3.05) is 7.11 Å². The zero-order valence-corrected chi connectivity index (χ0v) is 16.0. The molecule has 1 heterocycles. The molecule has 0 atom stereocenters. The summed E-state index contributed by atoms with van der Waals surface area (Å²) in [4.78, 5) is 25.0. The minimum atomic E-state index is -0.678. The topological polar surface area (TPSA) is 57.5 Å². The fourth-order valence-corrected chi connectivity index (χ4v) is 2.95. The van der Waals surface area contributed by atoms with Gasteiger partial charge in [-0.05, 0) is 50.5 Å². The van der Waals surface area contributed by atoms with E-state index >= 15 is 0 Å². The largest absolute Gasteiger partial charge is 0.464 e. The molecule has 0 saturated carbocycles. The predicted octanol–water partition coefficient (Wildman–Crippen LogP) is 4.80. The number of hydrogen-bond donors (Lipinski definition) is 0. The molecule has 3 aromatic rings. The summed E-state index contributed by atoms with van der Waals surface area (Å²) in [5.74, 6) is -0.582. The quantitative estimate of drug-likeness (QED) is 0.626. The monoisotopic (exact) mass is 365 g/mol. The lowest BCUT2D eigenvalue weighted by molar-refractivity contribution is 0.0489. The molecule has 0 radical (unpaired) electrons. The number of esters is 1. The van der Waals surface area contributed by atoms with Gasteiger partial charge < -0.3 is 9.47 Å². The van der Waals surface area contributed by atoms with E-state index < -0.39 is 17.7 Å². The van der Waals surface area contributed by atoms with Crippen LogP contribution in [-0.2, 0) is 15.9 Å². The number of fused-ring (bicyclic) bond motifs is 1. The number of carbonyl (C=O) groups excluding carboxylic acids is 2. The van der Waals surface area contributed by atoms with Crippen molar-refractivity contribution in [2.24, 2.45) is 0 Å². The Hall–Kier alpha value is -3.08. The molecular weight excluding hydrogens is 342 g/mol. The van der Waals surface area contributed by atoms with Gasteiger partial charge in [-0.25, -0.2) is 14.2 Å². The Morgan fingerprint density at radius 3 is 2.30 bits per heavy atom. The zero-order valence-electron chi connectivity index (χ0n) is 16.0. The molecule has 2 aromatic carbocycles. The van der Waals surface area contributed by atoms with Crippen LogP contribution in [0.15, 0.2) is 54.6 Å². The van der Waals surface area contributed by atoms with Crippen molar-refractivity contribution < 1.29 is 19.1 Å². The minimum Gasteiger partial charge on any atom is -0.464 e. The van der Waals surface area contributed by atoms with E-state index in [2.05, 4.69) is 12.1 Å².